The van der Waals surface area contributed by atoms with Crippen LogP contribution in [0.2, 0.25) is 0 Å². The highest BCUT2D eigenvalue weighted by Crippen LogP contribution is 2.38. The number of non-ortho nitro benzene ring substituents is 1. The predicted molar refractivity (Wildman–Crippen MR) is 102 cm³/mol. The molecule has 0 amide bonds. The van der Waals surface area contributed by atoms with E-state index in [4.69, 9.17) is 14.2 Å². The summed E-state index contributed by atoms with van der Waals surface area (Å²) >= 11 is 0. The number of nitrogens with zero attached hydrogens (tertiary/aromatic N) is 3. The molecular weight excluding hydrogens is 388 g/mol. The summed E-state index contributed by atoms with van der Waals surface area (Å²) < 4.78 is 15.5. The van der Waals surface area contributed by atoms with Gasteiger partial charge in [0.1, 0.15) is 5.69 Å². The molecule has 0 radical (unpaired) electrons. The number of hydrazone groups is 1. The smallest absolute Gasteiger partial charge is 0.308 e. The van der Waals surface area contributed by atoms with Gasteiger partial charge in [0.2, 0.25) is 5.75 Å². The molecule has 1 N–H and O–H groups in total. The molecule has 0 atom stereocenters. The fourth-order valence-electron chi connectivity index (χ4n) is 2.27. The molecule has 12 nitrogen and oxygen atoms in total. The Morgan fingerprint density at radius 3 is 2.17 bits per heavy atom. The molecule has 0 fully saturated rings. The van der Waals surface area contributed by atoms with Crippen molar-refractivity contribution in [1.82, 2.24) is 0 Å². The van der Waals surface area contributed by atoms with Gasteiger partial charge < -0.3 is 14.2 Å². The maximum absolute atomic E-state index is 11.2. The number of nitro groups is 2. The lowest BCUT2D eigenvalue weighted by Crippen LogP contribution is -2.05. The van der Waals surface area contributed by atoms with Crippen LogP contribution in [0.4, 0.5) is 17.1 Å². The van der Waals surface area contributed by atoms with E-state index in [9.17, 15) is 25.0 Å². The lowest BCUT2D eigenvalue weighted by molar-refractivity contribution is -0.393. The predicted octanol–water partition coefficient (Wildman–Crippen LogP) is 2.89. The third kappa shape index (κ3) is 5.15. The van der Waals surface area contributed by atoms with Gasteiger partial charge in [0.25, 0.3) is 5.69 Å². The van der Waals surface area contributed by atoms with Crippen molar-refractivity contribution in [2.75, 3.05) is 19.6 Å². The molecule has 0 heterocycles. The molecule has 2 aromatic carbocycles. The van der Waals surface area contributed by atoms with E-state index >= 15 is 0 Å². The topological polar surface area (TPSA) is 155 Å². The van der Waals surface area contributed by atoms with Gasteiger partial charge in [-0.1, -0.05) is 0 Å². The molecule has 0 aliphatic carbocycles. The number of methoxy groups -OCH3 is 2. The van der Waals surface area contributed by atoms with E-state index in [1.807, 2.05) is 0 Å². The fourth-order valence-corrected chi connectivity index (χ4v) is 2.27. The van der Waals surface area contributed by atoms with Crippen LogP contribution in [-0.2, 0) is 4.79 Å². The quantitative estimate of drug-likeness (QED) is 0.230. The van der Waals surface area contributed by atoms with Gasteiger partial charge in [-0.2, -0.15) is 5.10 Å². The summed E-state index contributed by atoms with van der Waals surface area (Å²) in [5, 5.41) is 25.8. The third-order valence-electron chi connectivity index (χ3n) is 3.52. The summed E-state index contributed by atoms with van der Waals surface area (Å²) in [4.78, 5) is 31.7. The molecule has 0 unspecified atom stereocenters. The Balaban J connectivity index is 2.32. The summed E-state index contributed by atoms with van der Waals surface area (Å²) in [5.41, 5.74) is 1.98. The standard InChI is InChI=1S/C17H16N4O8/c1-10(22)29-17-15(27-2)6-11(7-16(17)28-3)9-18-19-13-5-4-12(20(23)24)8-14(13)21(25)26/h4-9,19H,1-3H3/b18-9+. The molecule has 0 bridgehead atoms. The van der Waals surface area contributed by atoms with Crippen molar-refractivity contribution in [2.24, 2.45) is 5.10 Å². The normalized spacial score (nSPS) is 10.4. The highest BCUT2D eigenvalue weighted by atomic mass is 16.6. The average Bonchev–Trinajstić information content (AvgIpc) is 2.68. The van der Waals surface area contributed by atoms with Crippen molar-refractivity contribution in [3.05, 3.63) is 56.1 Å². The summed E-state index contributed by atoms with van der Waals surface area (Å²) in [6.07, 6.45) is 1.31. The Bertz CT molecular complexity index is 964. The number of esters is 1. The Hall–Kier alpha value is -4.22. The number of benzene rings is 2. The van der Waals surface area contributed by atoms with Crippen LogP contribution >= 0.6 is 0 Å². The van der Waals surface area contributed by atoms with Crippen molar-refractivity contribution < 1.29 is 28.9 Å². The molecule has 2 rings (SSSR count). The first-order valence-corrected chi connectivity index (χ1v) is 7.93. The number of nitrogens with one attached hydrogen (secondary N) is 1. The van der Waals surface area contributed by atoms with Crippen molar-refractivity contribution >= 4 is 29.2 Å². The van der Waals surface area contributed by atoms with Crippen LogP contribution in [0.25, 0.3) is 0 Å². The highest BCUT2D eigenvalue weighted by Gasteiger charge is 2.19. The van der Waals surface area contributed by atoms with E-state index < -0.39 is 27.2 Å². The van der Waals surface area contributed by atoms with E-state index in [1.165, 1.54) is 45.6 Å². The van der Waals surface area contributed by atoms with Gasteiger partial charge in [0, 0.05) is 18.6 Å². The van der Waals surface area contributed by atoms with Crippen molar-refractivity contribution in [2.45, 2.75) is 6.92 Å². The van der Waals surface area contributed by atoms with Crippen molar-refractivity contribution in [3.63, 3.8) is 0 Å². The molecule has 12 heteroatoms. The van der Waals surface area contributed by atoms with Crippen LogP contribution in [0.5, 0.6) is 17.2 Å². The third-order valence-corrected chi connectivity index (χ3v) is 3.52. The fraction of sp³-hybridized carbons (Fsp3) is 0.176. The van der Waals surface area contributed by atoms with Crippen LogP contribution in [0.1, 0.15) is 12.5 Å². The van der Waals surface area contributed by atoms with Crippen molar-refractivity contribution in [1.29, 1.82) is 0 Å². The zero-order chi connectivity index (χ0) is 21.6. The zero-order valence-corrected chi connectivity index (χ0v) is 15.6. The SMILES string of the molecule is COc1cc(/C=N/Nc2ccc([N+](=O)[O-])cc2[N+](=O)[O-])cc(OC)c1OC(C)=O. The van der Waals surface area contributed by atoms with E-state index in [-0.39, 0.29) is 22.9 Å². The Labute approximate surface area is 164 Å². The highest BCUT2D eigenvalue weighted by molar-refractivity contribution is 5.84. The number of carbonyl (C=O) groups excluding carboxylic acids is 1. The maximum atomic E-state index is 11.2. The molecular formula is C17H16N4O8. The second-order valence-electron chi connectivity index (χ2n) is 5.43. The monoisotopic (exact) mass is 404 g/mol. The minimum Gasteiger partial charge on any atom is -0.493 e. The first kappa shape index (κ1) is 21.1. The van der Waals surface area contributed by atoms with E-state index in [0.717, 1.165) is 12.1 Å². The lowest BCUT2D eigenvalue weighted by atomic mass is 10.2. The van der Waals surface area contributed by atoms with E-state index in [1.54, 1.807) is 0 Å². The minimum absolute atomic E-state index is 0.0349. The molecule has 152 valence electrons. The van der Waals surface area contributed by atoms with Gasteiger partial charge in [-0.15, -0.1) is 0 Å². The summed E-state index contributed by atoms with van der Waals surface area (Å²) in [5.74, 6) is -0.0431. The first-order valence-electron chi connectivity index (χ1n) is 7.93. The summed E-state index contributed by atoms with van der Waals surface area (Å²) in [6.45, 7) is 1.23. The largest absolute Gasteiger partial charge is 0.493 e. The summed E-state index contributed by atoms with van der Waals surface area (Å²) in [6, 6.07) is 6.15. The molecule has 0 aliphatic rings. The zero-order valence-electron chi connectivity index (χ0n) is 15.6. The minimum atomic E-state index is -0.759. The number of hydrogen-bond acceptors (Lipinski definition) is 10. The molecule has 0 aromatic heterocycles. The average molecular weight is 404 g/mol. The van der Waals surface area contributed by atoms with Crippen LogP contribution in [0, 0.1) is 20.2 Å². The Morgan fingerprint density at radius 2 is 1.69 bits per heavy atom. The summed E-state index contributed by atoms with van der Waals surface area (Å²) in [7, 11) is 2.75. The van der Waals surface area contributed by atoms with Gasteiger partial charge in [-0.05, 0) is 18.2 Å². The molecule has 2 aromatic rings. The number of anilines is 1. The Kier molecular flexibility index (Phi) is 6.63. The number of nitro benzene ring substituents is 2. The van der Waals surface area contributed by atoms with Gasteiger partial charge in [0.15, 0.2) is 11.5 Å². The van der Waals surface area contributed by atoms with Crippen LogP contribution in [0.3, 0.4) is 0 Å². The van der Waals surface area contributed by atoms with Gasteiger partial charge >= 0.3 is 11.7 Å². The van der Waals surface area contributed by atoms with Gasteiger partial charge in [-0.3, -0.25) is 30.4 Å². The van der Waals surface area contributed by atoms with Crippen LogP contribution in [0.15, 0.2) is 35.4 Å². The second kappa shape index (κ2) is 9.12. The molecule has 0 saturated carbocycles. The molecule has 29 heavy (non-hydrogen) atoms. The number of hydrogen-bond donors (Lipinski definition) is 1. The lowest BCUT2D eigenvalue weighted by Gasteiger charge is -2.13. The number of ether oxygens (including phenoxy) is 3. The first-order chi connectivity index (χ1) is 13.8. The van der Waals surface area contributed by atoms with Crippen LogP contribution < -0.4 is 19.6 Å². The van der Waals surface area contributed by atoms with E-state index in [0.29, 0.717) is 5.56 Å². The molecule has 0 spiro atoms. The number of carbonyl (C=O) groups is 1. The van der Waals surface area contributed by atoms with Crippen molar-refractivity contribution in [3.8, 4) is 17.2 Å². The number of rotatable bonds is 8. The van der Waals surface area contributed by atoms with E-state index in [2.05, 4.69) is 10.5 Å². The van der Waals surface area contributed by atoms with Crippen LogP contribution in [-0.4, -0.2) is 36.3 Å². The maximum Gasteiger partial charge on any atom is 0.308 e. The second-order valence-corrected chi connectivity index (χ2v) is 5.43. The van der Waals surface area contributed by atoms with Gasteiger partial charge in [0.05, 0.1) is 36.3 Å². The molecule has 0 aliphatic heterocycles. The molecule has 0 saturated heterocycles. The van der Waals surface area contributed by atoms with Gasteiger partial charge in [-0.25, -0.2) is 0 Å². The Morgan fingerprint density at radius 1 is 1.07 bits per heavy atom.